The molecule has 0 radical (unpaired) electrons. The number of esters is 2. The molecule has 4 aromatic rings. The van der Waals surface area contributed by atoms with Crippen LogP contribution in [0.15, 0.2) is 83.3 Å². The molecule has 196 valence electrons. The van der Waals surface area contributed by atoms with Gasteiger partial charge in [-0.05, 0) is 48.9 Å². The van der Waals surface area contributed by atoms with Crippen molar-refractivity contribution in [1.82, 2.24) is 4.98 Å². The zero-order chi connectivity index (χ0) is 26.9. The van der Waals surface area contributed by atoms with Crippen molar-refractivity contribution in [2.45, 2.75) is 25.8 Å². The predicted octanol–water partition coefficient (Wildman–Crippen LogP) is 5.25. The maximum absolute atomic E-state index is 12.5. The molecule has 0 saturated carbocycles. The molecule has 4 rings (SSSR count). The zero-order valence-electron chi connectivity index (χ0n) is 21.6. The van der Waals surface area contributed by atoms with E-state index in [0.29, 0.717) is 42.3 Å². The van der Waals surface area contributed by atoms with Crippen LogP contribution in [0.25, 0.3) is 11.5 Å². The molecule has 38 heavy (non-hydrogen) atoms. The summed E-state index contributed by atoms with van der Waals surface area (Å²) in [6.45, 7) is 2.34. The fourth-order valence-electron chi connectivity index (χ4n) is 4.01. The van der Waals surface area contributed by atoms with E-state index in [9.17, 15) is 9.59 Å². The lowest BCUT2D eigenvalue weighted by Gasteiger charge is -2.19. The van der Waals surface area contributed by atoms with Crippen LogP contribution >= 0.6 is 0 Å². The monoisotopic (exact) mass is 514 g/mol. The van der Waals surface area contributed by atoms with E-state index in [2.05, 4.69) is 10.3 Å². The molecule has 0 saturated heterocycles. The third-order valence-electron chi connectivity index (χ3n) is 6.03. The summed E-state index contributed by atoms with van der Waals surface area (Å²) in [6.07, 6.45) is 0.959. The maximum atomic E-state index is 12.5. The van der Waals surface area contributed by atoms with Crippen LogP contribution in [-0.2, 0) is 27.1 Å². The standard InChI is InChI=1S/C30H30N2O6/c1-20-25(32-28(38-20)22-9-5-4-6-10-22)17-18-37-23-15-13-21(14-16-23)19-27(30(34)36-3)31-26-12-8-7-11-24(26)29(33)35-2/h4-16,27,31H,17-19H2,1-3H3/t27-/m0/s1. The van der Waals surface area contributed by atoms with Gasteiger partial charge in [-0.2, -0.15) is 0 Å². The number of nitrogens with zero attached hydrogens (tertiary/aromatic N) is 1. The van der Waals surface area contributed by atoms with Crippen LogP contribution in [0.2, 0.25) is 0 Å². The molecule has 0 aliphatic carbocycles. The highest BCUT2D eigenvalue weighted by Gasteiger charge is 2.22. The molecule has 0 spiro atoms. The highest BCUT2D eigenvalue weighted by Crippen LogP contribution is 2.23. The van der Waals surface area contributed by atoms with Crippen molar-refractivity contribution < 1.29 is 28.2 Å². The Hall–Kier alpha value is -4.59. The first-order valence-electron chi connectivity index (χ1n) is 12.2. The van der Waals surface area contributed by atoms with Crippen molar-refractivity contribution in [3.05, 3.63) is 101 Å². The lowest BCUT2D eigenvalue weighted by atomic mass is 10.0. The van der Waals surface area contributed by atoms with Crippen molar-refractivity contribution >= 4 is 17.6 Å². The van der Waals surface area contributed by atoms with Gasteiger partial charge in [0.2, 0.25) is 5.89 Å². The molecule has 1 atom stereocenters. The number of anilines is 1. The largest absolute Gasteiger partial charge is 0.493 e. The number of methoxy groups -OCH3 is 2. The van der Waals surface area contributed by atoms with Gasteiger partial charge in [-0.15, -0.1) is 0 Å². The van der Waals surface area contributed by atoms with E-state index >= 15 is 0 Å². The van der Waals surface area contributed by atoms with Crippen molar-refractivity contribution in [2.24, 2.45) is 0 Å². The van der Waals surface area contributed by atoms with Gasteiger partial charge >= 0.3 is 11.9 Å². The van der Waals surface area contributed by atoms with E-state index in [1.54, 1.807) is 24.3 Å². The van der Waals surface area contributed by atoms with E-state index < -0.39 is 18.0 Å². The number of benzene rings is 3. The molecule has 8 heteroatoms. The van der Waals surface area contributed by atoms with E-state index in [0.717, 1.165) is 22.6 Å². The second kappa shape index (κ2) is 12.6. The van der Waals surface area contributed by atoms with E-state index in [4.69, 9.17) is 18.6 Å². The van der Waals surface area contributed by atoms with Crippen LogP contribution in [0.5, 0.6) is 5.75 Å². The average molecular weight is 515 g/mol. The number of hydrogen-bond donors (Lipinski definition) is 1. The second-order valence-corrected chi connectivity index (χ2v) is 8.59. The molecule has 0 amide bonds. The fraction of sp³-hybridized carbons (Fsp3) is 0.233. The molecule has 3 aromatic carbocycles. The first-order valence-corrected chi connectivity index (χ1v) is 12.2. The summed E-state index contributed by atoms with van der Waals surface area (Å²) in [5.41, 5.74) is 3.53. The minimum atomic E-state index is -0.702. The Balaban J connectivity index is 1.36. The van der Waals surface area contributed by atoms with Gasteiger partial charge in [-0.25, -0.2) is 14.6 Å². The minimum Gasteiger partial charge on any atom is -0.493 e. The van der Waals surface area contributed by atoms with Gasteiger partial charge in [0.05, 0.1) is 32.1 Å². The number of rotatable bonds is 11. The molecule has 0 fully saturated rings. The third-order valence-corrected chi connectivity index (χ3v) is 6.03. The topological polar surface area (TPSA) is 99.9 Å². The van der Waals surface area contributed by atoms with Crippen LogP contribution < -0.4 is 10.1 Å². The molecule has 1 N–H and O–H groups in total. The highest BCUT2D eigenvalue weighted by molar-refractivity contribution is 5.96. The molecule has 8 nitrogen and oxygen atoms in total. The molecule has 1 aromatic heterocycles. The number of para-hydroxylation sites is 1. The maximum Gasteiger partial charge on any atom is 0.339 e. The molecule has 0 unspecified atom stereocenters. The Bertz CT molecular complexity index is 1370. The van der Waals surface area contributed by atoms with Gasteiger partial charge in [0.15, 0.2) is 0 Å². The molecule has 1 heterocycles. The normalized spacial score (nSPS) is 11.4. The Labute approximate surface area is 221 Å². The third kappa shape index (κ3) is 6.59. The number of nitrogens with one attached hydrogen (secondary N) is 1. The summed E-state index contributed by atoms with van der Waals surface area (Å²) in [6, 6.07) is 23.5. The molecule has 0 bridgehead atoms. The zero-order valence-corrected chi connectivity index (χ0v) is 21.6. The van der Waals surface area contributed by atoms with Gasteiger partial charge < -0.3 is 23.9 Å². The van der Waals surface area contributed by atoms with Gasteiger partial charge in [-0.3, -0.25) is 0 Å². The summed E-state index contributed by atoms with van der Waals surface area (Å²) in [7, 11) is 2.65. The molecule has 0 aliphatic rings. The van der Waals surface area contributed by atoms with Crippen LogP contribution in [0.4, 0.5) is 5.69 Å². The molecule has 0 aliphatic heterocycles. The Morgan fingerprint density at radius 3 is 2.34 bits per heavy atom. The number of oxazole rings is 1. The van der Waals surface area contributed by atoms with E-state index in [1.165, 1.54) is 14.2 Å². The van der Waals surface area contributed by atoms with Gasteiger partial charge in [-0.1, -0.05) is 42.5 Å². The molecular formula is C30H30N2O6. The van der Waals surface area contributed by atoms with Crippen molar-refractivity contribution in [2.75, 3.05) is 26.1 Å². The highest BCUT2D eigenvalue weighted by atomic mass is 16.5. The molecular weight excluding hydrogens is 484 g/mol. The SMILES string of the molecule is COC(=O)c1ccccc1N[C@@H](Cc1ccc(OCCc2nc(-c3ccccc3)oc2C)cc1)C(=O)OC. The number of carbonyl (C=O) groups is 2. The number of hydrogen-bond acceptors (Lipinski definition) is 8. The van der Waals surface area contributed by atoms with E-state index in [-0.39, 0.29) is 0 Å². The van der Waals surface area contributed by atoms with E-state index in [1.807, 2.05) is 61.5 Å². The summed E-state index contributed by atoms with van der Waals surface area (Å²) < 4.78 is 21.6. The Morgan fingerprint density at radius 2 is 1.63 bits per heavy atom. The lowest BCUT2D eigenvalue weighted by Crippen LogP contribution is -2.33. The second-order valence-electron chi connectivity index (χ2n) is 8.59. The van der Waals surface area contributed by atoms with Crippen molar-refractivity contribution in [3.8, 4) is 17.2 Å². The van der Waals surface area contributed by atoms with Crippen LogP contribution in [-0.4, -0.2) is 43.8 Å². The van der Waals surface area contributed by atoms with Gasteiger partial charge in [0.1, 0.15) is 17.6 Å². The van der Waals surface area contributed by atoms with Crippen molar-refractivity contribution in [3.63, 3.8) is 0 Å². The number of carbonyl (C=O) groups excluding carboxylic acids is 2. The summed E-state index contributed by atoms with van der Waals surface area (Å²) in [4.78, 5) is 29.2. The summed E-state index contributed by atoms with van der Waals surface area (Å²) >= 11 is 0. The van der Waals surface area contributed by atoms with Crippen molar-refractivity contribution in [1.29, 1.82) is 0 Å². The Kier molecular flexibility index (Phi) is 8.77. The van der Waals surface area contributed by atoms with Gasteiger partial charge in [0.25, 0.3) is 0 Å². The summed E-state index contributed by atoms with van der Waals surface area (Å²) in [5, 5.41) is 3.13. The fourth-order valence-corrected chi connectivity index (χ4v) is 4.01. The number of aromatic nitrogens is 1. The van der Waals surface area contributed by atoms with Gasteiger partial charge in [0, 0.05) is 24.1 Å². The van der Waals surface area contributed by atoms with Crippen LogP contribution in [0.1, 0.15) is 27.4 Å². The number of ether oxygens (including phenoxy) is 3. The summed E-state index contributed by atoms with van der Waals surface area (Å²) in [5.74, 6) is 1.15. The Morgan fingerprint density at radius 1 is 0.921 bits per heavy atom. The smallest absolute Gasteiger partial charge is 0.339 e. The quantitative estimate of drug-likeness (QED) is 0.271. The average Bonchev–Trinajstić information content (AvgIpc) is 3.33. The predicted molar refractivity (Wildman–Crippen MR) is 143 cm³/mol. The first-order chi connectivity index (χ1) is 18.5. The lowest BCUT2D eigenvalue weighted by molar-refractivity contribution is -0.141. The number of aryl methyl sites for hydroxylation is 1. The van der Waals surface area contributed by atoms with Crippen LogP contribution in [0, 0.1) is 6.92 Å². The van der Waals surface area contributed by atoms with Crippen LogP contribution in [0.3, 0.4) is 0 Å². The minimum absolute atomic E-state index is 0.339. The first kappa shape index (κ1) is 26.5.